The van der Waals surface area contributed by atoms with Crippen LogP contribution in [0.5, 0.6) is 11.6 Å². The predicted octanol–water partition coefficient (Wildman–Crippen LogP) is 4.83. The molecule has 0 aliphatic heterocycles. The number of ether oxygens (including phenoxy) is 2. The van der Waals surface area contributed by atoms with Gasteiger partial charge in [-0.15, -0.1) is 0 Å². The van der Waals surface area contributed by atoms with Gasteiger partial charge in [0.1, 0.15) is 11.8 Å². The zero-order valence-electron chi connectivity index (χ0n) is 16.9. The molecule has 29 heavy (non-hydrogen) atoms. The van der Waals surface area contributed by atoms with E-state index in [-0.39, 0.29) is 6.61 Å². The van der Waals surface area contributed by atoms with Crippen molar-refractivity contribution in [2.45, 2.75) is 51.5 Å². The van der Waals surface area contributed by atoms with E-state index in [1.165, 1.54) is 25.7 Å². The second kappa shape index (κ2) is 9.13. The Morgan fingerprint density at radius 1 is 1.07 bits per heavy atom. The Morgan fingerprint density at radius 3 is 2.52 bits per heavy atom. The summed E-state index contributed by atoms with van der Waals surface area (Å²) in [5, 5.41) is 12.2. The van der Waals surface area contributed by atoms with Gasteiger partial charge in [0, 0.05) is 12.2 Å². The van der Waals surface area contributed by atoms with E-state index in [0.29, 0.717) is 36.1 Å². The van der Waals surface area contributed by atoms with E-state index in [9.17, 15) is 0 Å². The number of hydrogen-bond donors (Lipinski definition) is 1. The zero-order chi connectivity index (χ0) is 20.1. The average Bonchev–Trinajstić information content (AvgIpc) is 3.58. The molecule has 4 rings (SSSR count). The van der Waals surface area contributed by atoms with Gasteiger partial charge in [0.15, 0.2) is 6.61 Å². The van der Waals surface area contributed by atoms with Crippen LogP contribution in [0.1, 0.15) is 45.4 Å². The number of benzene rings is 1. The molecule has 0 unspecified atom stereocenters. The molecule has 0 atom stereocenters. The van der Waals surface area contributed by atoms with E-state index >= 15 is 0 Å². The normalized spacial score (nSPS) is 21.2. The third-order valence-electron chi connectivity index (χ3n) is 5.72. The van der Waals surface area contributed by atoms with Crippen LogP contribution < -0.4 is 14.8 Å². The number of aromatic nitrogens is 2. The number of nitriles is 1. The number of rotatable bonds is 8. The first-order chi connectivity index (χ1) is 14.2. The van der Waals surface area contributed by atoms with Gasteiger partial charge >= 0.3 is 0 Å². The van der Waals surface area contributed by atoms with Crippen molar-refractivity contribution in [2.75, 3.05) is 18.5 Å². The van der Waals surface area contributed by atoms with Crippen LogP contribution in [0.25, 0.3) is 11.1 Å². The molecule has 2 fully saturated rings. The molecule has 6 nitrogen and oxygen atoms in total. The van der Waals surface area contributed by atoms with Crippen molar-refractivity contribution in [1.29, 1.82) is 5.26 Å². The van der Waals surface area contributed by atoms with Crippen molar-refractivity contribution < 1.29 is 9.47 Å². The Labute approximate surface area is 172 Å². The van der Waals surface area contributed by atoms with Crippen LogP contribution in [0.4, 0.5) is 5.95 Å². The van der Waals surface area contributed by atoms with Gasteiger partial charge in [-0.25, -0.2) is 4.98 Å². The quantitative estimate of drug-likeness (QED) is 0.693. The second-order valence-electron chi connectivity index (χ2n) is 8.24. The second-order valence-corrected chi connectivity index (χ2v) is 8.24. The summed E-state index contributed by atoms with van der Waals surface area (Å²) in [5.74, 6) is 3.41. The molecule has 1 heterocycles. The van der Waals surface area contributed by atoms with Crippen LogP contribution in [0.2, 0.25) is 0 Å². The van der Waals surface area contributed by atoms with Gasteiger partial charge in [-0.1, -0.05) is 19.1 Å². The fourth-order valence-corrected chi connectivity index (χ4v) is 3.66. The highest BCUT2D eigenvalue weighted by Gasteiger charge is 2.24. The summed E-state index contributed by atoms with van der Waals surface area (Å²) in [6.45, 7) is 3.06. The predicted molar refractivity (Wildman–Crippen MR) is 112 cm³/mol. The molecule has 1 aromatic carbocycles. The van der Waals surface area contributed by atoms with Gasteiger partial charge in [0.05, 0.1) is 12.2 Å². The minimum Gasteiger partial charge on any atom is -0.479 e. The Hall–Kier alpha value is -2.81. The third-order valence-corrected chi connectivity index (χ3v) is 5.72. The van der Waals surface area contributed by atoms with E-state index in [2.05, 4.69) is 17.2 Å². The topological polar surface area (TPSA) is 80.1 Å². The fraction of sp³-hybridized carbons (Fsp3) is 0.522. The van der Waals surface area contributed by atoms with Crippen LogP contribution >= 0.6 is 0 Å². The van der Waals surface area contributed by atoms with Crippen LogP contribution in [0.15, 0.2) is 30.5 Å². The van der Waals surface area contributed by atoms with Crippen molar-refractivity contribution in [3.63, 3.8) is 0 Å². The summed E-state index contributed by atoms with van der Waals surface area (Å²) in [5.41, 5.74) is 1.85. The molecule has 1 aromatic heterocycles. The highest BCUT2D eigenvalue weighted by molar-refractivity contribution is 5.69. The largest absolute Gasteiger partial charge is 0.479 e. The summed E-state index contributed by atoms with van der Waals surface area (Å²) >= 11 is 0. The van der Waals surface area contributed by atoms with Crippen molar-refractivity contribution in [3.8, 4) is 28.8 Å². The van der Waals surface area contributed by atoms with Crippen LogP contribution in [-0.2, 0) is 0 Å². The zero-order valence-corrected chi connectivity index (χ0v) is 16.9. The number of nitrogens with one attached hydrogen (secondary N) is 1. The minimum absolute atomic E-state index is 0.0402. The van der Waals surface area contributed by atoms with Crippen LogP contribution in [0.3, 0.4) is 0 Å². The molecule has 152 valence electrons. The molecule has 0 saturated heterocycles. The van der Waals surface area contributed by atoms with Crippen molar-refractivity contribution in [2.24, 2.45) is 11.8 Å². The fourth-order valence-electron chi connectivity index (χ4n) is 3.66. The highest BCUT2D eigenvalue weighted by Crippen LogP contribution is 2.34. The van der Waals surface area contributed by atoms with E-state index in [1.807, 2.05) is 36.5 Å². The molecule has 6 heteroatoms. The molecule has 0 spiro atoms. The lowest BCUT2D eigenvalue weighted by Crippen LogP contribution is -2.26. The number of hydrogen-bond acceptors (Lipinski definition) is 6. The van der Waals surface area contributed by atoms with E-state index in [1.54, 1.807) is 0 Å². The summed E-state index contributed by atoms with van der Waals surface area (Å²) < 4.78 is 11.4. The van der Waals surface area contributed by atoms with Crippen LogP contribution in [0, 0.1) is 23.2 Å². The Kier molecular flexibility index (Phi) is 6.14. The third kappa shape index (κ3) is 5.38. The van der Waals surface area contributed by atoms with Crippen molar-refractivity contribution in [3.05, 3.63) is 30.5 Å². The Bertz CT molecular complexity index is 850. The molecule has 0 bridgehead atoms. The lowest BCUT2D eigenvalue weighted by molar-refractivity contribution is 0.289. The molecule has 2 saturated carbocycles. The molecule has 0 amide bonds. The van der Waals surface area contributed by atoms with E-state index in [4.69, 9.17) is 19.7 Å². The van der Waals surface area contributed by atoms with Gasteiger partial charge in [-0.3, -0.25) is 0 Å². The van der Waals surface area contributed by atoms with Crippen LogP contribution in [-0.4, -0.2) is 29.2 Å². The molecular formula is C23H28N4O2. The molecule has 2 aromatic rings. The monoisotopic (exact) mass is 392 g/mol. The first-order valence-electron chi connectivity index (χ1n) is 10.6. The summed E-state index contributed by atoms with van der Waals surface area (Å²) in [6.07, 6.45) is 9.13. The van der Waals surface area contributed by atoms with E-state index < -0.39 is 0 Å². The maximum Gasteiger partial charge on any atom is 0.226 e. The van der Waals surface area contributed by atoms with E-state index in [0.717, 1.165) is 29.9 Å². The molecule has 0 radical (unpaired) electrons. The highest BCUT2D eigenvalue weighted by atomic mass is 16.5. The van der Waals surface area contributed by atoms with Gasteiger partial charge in [0.2, 0.25) is 11.8 Å². The smallest absolute Gasteiger partial charge is 0.226 e. The van der Waals surface area contributed by atoms with Gasteiger partial charge in [-0.05, 0) is 68.1 Å². The molecule has 2 aliphatic carbocycles. The van der Waals surface area contributed by atoms with Crippen molar-refractivity contribution in [1.82, 2.24) is 9.97 Å². The SMILES string of the molecule is C[C@H]1CC[C@H](Nc2ncc(-c3ccc(OCC#N)cc3)c(OCC3CC3)n2)CC1. The lowest BCUT2D eigenvalue weighted by Gasteiger charge is -2.27. The summed E-state index contributed by atoms with van der Waals surface area (Å²) in [6, 6.07) is 10.0. The minimum atomic E-state index is 0.0402. The maximum absolute atomic E-state index is 8.65. The molecule has 2 aliphatic rings. The van der Waals surface area contributed by atoms with Crippen molar-refractivity contribution >= 4 is 5.95 Å². The average molecular weight is 393 g/mol. The molecular weight excluding hydrogens is 364 g/mol. The van der Waals surface area contributed by atoms with Gasteiger partial charge in [-0.2, -0.15) is 10.2 Å². The lowest BCUT2D eigenvalue weighted by atomic mass is 9.87. The Morgan fingerprint density at radius 2 is 1.83 bits per heavy atom. The number of anilines is 1. The van der Waals surface area contributed by atoms with Gasteiger partial charge < -0.3 is 14.8 Å². The Balaban J connectivity index is 1.51. The molecule has 1 N–H and O–H groups in total. The summed E-state index contributed by atoms with van der Waals surface area (Å²) in [4.78, 5) is 9.28. The first kappa shape index (κ1) is 19.5. The standard InChI is InChI=1S/C23H28N4O2/c1-16-2-8-19(9-3-16)26-23-25-14-21(22(27-23)29-15-17-4-5-17)18-6-10-20(11-7-18)28-13-12-24/h6-7,10-11,14,16-17,19H,2-5,8-9,13,15H2,1H3,(H,25,26,27)/t16-,19-. The first-order valence-corrected chi connectivity index (χ1v) is 10.6. The maximum atomic E-state index is 8.65. The summed E-state index contributed by atoms with van der Waals surface area (Å²) in [7, 11) is 0. The van der Waals surface area contributed by atoms with Gasteiger partial charge in [0.25, 0.3) is 0 Å². The number of nitrogens with zero attached hydrogens (tertiary/aromatic N) is 3.